The van der Waals surface area contributed by atoms with Gasteiger partial charge in [0.25, 0.3) is 0 Å². The third kappa shape index (κ3) is 6.66. The fourth-order valence-electron chi connectivity index (χ4n) is 2.35. The molecule has 0 saturated heterocycles. The lowest BCUT2D eigenvalue weighted by Gasteiger charge is -2.20. The molecule has 0 amide bonds. The van der Waals surface area contributed by atoms with Crippen LogP contribution in [0.1, 0.15) is 58.3 Å². The molecule has 1 aromatic carbocycles. The Morgan fingerprint density at radius 1 is 0.812 bits per heavy atom. The Hall–Kier alpha value is -0.780. The van der Waals surface area contributed by atoms with Gasteiger partial charge in [-0.25, -0.2) is 0 Å². The first-order valence-electron chi connectivity index (χ1n) is 6.93. The quantitative estimate of drug-likeness (QED) is 0.633. The van der Waals surface area contributed by atoms with Gasteiger partial charge in [0, 0.05) is 0 Å². The van der Waals surface area contributed by atoms with E-state index in [0.717, 1.165) is 5.92 Å². The van der Waals surface area contributed by atoms with Crippen molar-refractivity contribution in [3.8, 4) is 0 Å². The summed E-state index contributed by atoms with van der Waals surface area (Å²) < 4.78 is 0. The highest BCUT2D eigenvalue weighted by Crippen LogP contribution is 2.27. The predicted molar refractivity (Wildman–Crippen MR) is 72.5 cm³/mol. The average molecular weight is 218 g/mol. The molecule has 90 valence electrons. The normalized spacial score (nSPS) is 16.3. The third-order valence-electron chi connectivity index (χ3n) is 3.36. The molecule has 0 aliphatic heterocycles. The molecule has 0 N–H and O–H groups in total. The molecule has 0 bridgehead atoms. The number of rotatable bonds is 3. The lowest BCUT2D eigenvalue weighted by Crippen LogP contribution is -2.05. The molecule has 1 fully saturated rings. The summed E-state index contributed by atoms with van der Waals surface area (Å²) in [7, 11) is 0. The largest absolute Gasteiger partial charge is 0.0654 e. The maximum absolute atomic E-state index is 2.29. The lowest BCUT2D eigenvalue weighted by atomic mass is 9.86. The molecule has 0 heteroatoms. The summed E-state index contributed by atoms with van der Waals surface area (Å²) in [5.41, 5.74) is 0. The van der Waals surface area contributed by atoms with Crippen LogP contribution < -0.4 is 0 Å². The van der Waals surface area contributed by atoms with E-state index in [2.05, 4.69) is 6.92 Å². The molecule has 0 aromatic heterocycles. The van der Waals surface area contributed by atoms with Gasteiger partial charge in [-0.05, 0) is 5.92 Å². The van der Waals surface area contributed by atoms with E-state index >= 15 is 0 Å². The first kappa shape index (κ1) is 13.3. The first-order valence-corrected chi connectivity index (χ1v) is 6.93. The van der Waals surface area contributed by atoms with Crippen molar-refractivity contribution in [2.45, 2.75) is 58.3 Å². The SMILES string of the molecule is CCCCC1CCCCC1.c1ccccc1. The van der Waals surface area contributed by atoms with E-state index in [-0.39, 0.29) is 0 Å². The van der Waals surface area contributed by atoms with Gasteiger partial charge >= 0.3 is 0 Å². The van der Waals surface area contributed by atoms with Crippen LogP contribution in [0.25, 0.3) is 0 Å². The zero-order valence-corrected chi connectivity index (χ0v) is 10.7. The Labute approximate surface area is 101 Å². The number of unbranched alkanes of at least 4 members (excludes halogenated alkanes) is 1. The summed E-state index contributed by atoms with van der Waals surface area (Å²) >= 11 is 0. The summed E-state index contributed by atoms with van der Waals surface area (Å²) in [6.07, 6.45) is 11.9. The van der Waals surface area contributed by atoms with Gasteiger partial charge in [-0.2, -0.15) is 0 Å². The van der Waals surface area contributed by atoms with E-state index in [4.69, 9.17) is 0 Å². The van der Waals surface area contributed by atoms with Crippen LogP contribution in [0.3, 0.4) is 0 Å². The minimum Gasteiger partial charge on any atom is -0.0654 e. The summed E-state index contributed by atoms with van der Waals surface area (Å²) in [6.45, 7) is 2.29. The molecule has 1 aliphatic rings. The zero-order valence-electron chi connectivity index (χ0n) is 10.7. The summed E-state index contributed by atoms with van der Waals surface area (Å²) in [5, 5.41) is 0. The second-order valence-corrected chi connectivity index (χ2v) is 4.80. The van der Waals surface area contributed by atoms with Crippen LogP contribution in [-0.4, -0.2) is 0 Å². The molecule has 0 spiro atoms. The Kier molecular flexibility index (Phi) is 7.84. The fourth-order valence-corrected chi connectivity index (χ4v) is 2.35. The molecule has 2 rings (SSSR count). The highest BCUT2D eigenvalue weighted by Gasteiger charge is 2.11. The molecular weight excluding hydrogens is 192 g/mol. The minimum atomic E-state index is 1.11. The maximum atomic E-state index is 2.29. The fraction of sp³-hybridized carbons (Fsp3) is 0.625. The van der Waals surface area contributed by atoms with Gasteiger partial charge < -0.3 is 0 Å². The maximum Gasteiger partial charge on any atom is -0.0414 e. The van der Waals surface area contributed by atoms with Crippen LogP contribution in [0, 0.1) is 5.92 Å². The highest BCUT2D eigenvalue weighted by atomic mass is 14.2. The summed E-state index contributed by atoms with van der Waals surface area (Å²) in [6, 6.07) is 12.0. The molecule has 1 aliphatic carbocycles. The molecule has 0 unspecified atom stereocenters. The van der Waals surface area contributed by atoms with Crippen molar-refractivity contribution >= 4 is 0 Å². The number of hydrogen-bond acceptors (Lipinski definition) is 0. The van der Waals surface area contributed by atoms with Crippen molar-refractivity contribution in [1.82, 2.24) is 0 Å². The van der Waals surface area contributed by atoms with Crippen molar-refractivity contribution in [2.24, 2.45) is 5.92 Å². The Morgan fingerprint density at radius 3 is 1.75 bits per heavy atom. The standard InChI is InChI=1S/C10H20.C6H6/c1-2-3-7-10-8-5-4-6-9-10;1-2-4-6-5-3-1/h10H,2-9H2,1H3;1-6H. The molecule has 0 heterocycles. The molecule has 0 radical (unpaired) electrons. The predicted octanol–water partition coefficient (Wildman–Crippen LogP) is 5.44. The van der Waals surface area contributed by atoms with Crippen LogP contribution in [0.5, 0.6) is 0 Å². The van der Waals surface area contributed by atoms with Crippen LogP contribution in [0.15, 0.2) is 36.4 Å². The summed E-state index contributed by atoms with van der Waals surface area (Å²) in [4.78, 5) is 0. The van der Waals surface area contributed by atoms with Crippen molar-refractivity contribution in [3.63, 3.8) is 0 Å². The first-order chi connectivity index (χ1) is 7.93. The van der Waals surface area contributed by atoms with Crippen LogP contribution in [0.4, 0.5) is 0 Å². The van der Waals surface area contributed by atoms with E-state index in [1.165, 1.54) is 51.4 Å². The molecular formula is C16H26. The third-order valence-corrected chi connectivity index (χ3v) is 3.36. The minimum absolute atomic E-state index is 1.11. The second kappa shape index (κ2) is 9.45. The van der Waals surface area contributed by atoms with Crippen LogP contribution >= 0.6 is 0 Å². The van der Waals surface area contributed by atoms with Crippen molar-refractivity contribution in [3.05, 3.63) is 36.4 Å². The number of hydrogen-bond donors (Lipinski definition) is 0. The van der Waals surface area contributed by atoms with Crippen LogP contribution in [0.2, 0.25) is 0 Å². The molecule has 0 atom stereocenters. The Morgan fingerprint density at radius 2 is 1.31 bits per heavy atom. The van der Waals surface area contributed by atoms with Crippen LogP contribution in [-0.2, 0) is 0 Å². The van der Waals surface area contributed by atoms with Gasteiger partial charge in [-0.3, -0.25) is 0 Å². The van der Waals surface area contributed by atoms with E-state index in [1.807, 2.05) is 36.4 Å². The molecule has 16 heavy (non-hydrogen) atoms. The van der Waals surface area contributed by atoms with Crippen molar-refractivity contribution in [2.75, 3.05) is 0 Å². The molecule has 1 aromatic rings. The average Bonchev–Trinajstić information content (AvgIpc) is 2.40. The smallest absolute Gasteiger partial charge is 0.0414 e. The van der Waals surface area contributed by atoms with Gasteiger partial charge in [0.1, 0.15) is 0 Å². The molecule has 0 nitrogen and oxygen atoms in total. The summed E-state index contributed by atoms with van der Waals surface area (Å²) in [5.74, 6) is 1.11. The van der Waals surface area contributed by atoms with E-state index in [0.29, 0.717) is 0 Å². The number of benzene rings is 1. The Balaban J connectivity index is 0.000000181. The van der Waals surface area contributed by atoms with Gasteiger partial charge in [0.05, 0.1) is 0 Å². The topological polar surface area (TPSA) is 0 Å². The van der Waals surface area contributed by atoms with Gasteiger partial charge in [-0.1, -0.05) is 94.7 Å². The van der Waals surface area contributed by atoms with Crippen molar-refractivity contribution in [1.29, 1.82) is 0 Å². The monoisotopic (exact) mass is 218 g/mol. The second-order valence-electron chi connectivity index (χ2n) is 4.80. The van der Waals surface area contributed by atoms with Gasteiger partial charge in [0.15, 0.2) is 0 Å². The van der Waals surface area contributed by atoms with Crippen molar-refractivity contribution < 1.29 is 0 Å². The molecule has 1 saturated carbocycles. The Bertz CT molecular complexity index is 194. The van der Waals surface area contributed by atoms with Gasteiger partial charge in [0.2, 0.25) is 0 Å². The highest BCUT2D eigenvalue weighted by molar-refractivity contribution is 4.99. The lowest BCUT2D eigenvalue weighted by molar-refractivity contribution is 0.331. The van der Waals surface area contributed by atoms with E-state index in [1.54, 1.807) is 0 Å². The van der Waals surface area contributed by atoms with E-state index < -0.39 is 0 Å². The van der Waals surface area contributed by atoms with E-state index in [9.17, 15) is 0 Å². The zero-order chi connectivity index (χ0) is 11.5. The van der Waals surface area contributed by atoms with Gasteiger partial charge in [-0.15, -0.1) is 0 Å².